The van der Waals surface area contributed by atoms with Gasteiger partial charge >= 0.3 is 0 Å². The maximum Gasteiger partial charge on any atom is 0.245 e. The highest BCUT2D eigenvalue weighted by molar-refractivity contribution is 5.87. The summed E-state index contributed by atoms with van der Waals surface area (Å²) in [5.41, 5.74) is 1.67. The molecular weight excluding hydrogens is 340 g/mol. The zero-order valence-electron chi connectivity index (χ0n) is 15.6. The Labute approximate surface area is 160 Å². The first-order valence-corrected chi connectivity index (χ1v) is 9.58. The fourth-order valence-corrected chi connectivity index (χ4v) is 3.92. The van der Waals surface area contributed by atoms with Crippen LogP contribution in [0.2, 0.25) is 0 Å². The zero-order valence-corrected chi connectivity index (χ0v) is 15.6. The molecule has 3 rings (SSSR count). The zero-order chi connectivity index (χ0) is 19.2. The Morgan fingerprint density at radius 1 is 1.11 bits per heavy atom. The number of rotatable bonds is 4. The maximum absolute atomic E-state index is 12.6. The molecule has 0 aromatic heterocycles. The van der Waals surface area contributed by atoms with Crippen molar-refractivity contribution in [2.45, 2.75) is 31.7 Å². The average Bonchev–Trinajstić information content (AvgIpc) is 2.73. The number of nitrogens with zero attached hydrogens (tertiary/aromatic N) is 3. The van der Waals surface area contributed by atoms with Gasteiger partial charge in [0.25, 0.3) is 0 Å². The summed E-state index contributed by atoms with van der Waals surface area (Å²) in [7, 11) is 0. The summed E-state index contributed by atoms with van der Waals surface area (Å²) in [5, 5.41) is 12.5. The fourth-order valence-electron chi connectivity index (χ4n) is 3.92. The molecule has 27 heavy (non-hydrogen) atoms. The highest BCUT2D eigenvalue weighted by Gasteiger charge is 2.29. The molecule has 1 aromatic rings. The molecule has 2 saturated heterocycles. The first kappa shape index (κ1) is 19.0. The number of nitriles is 1. The average molecular weight is 366 g/mol. The number of piperidine rings is 2. The van der Waals surface area contributed by atoms with Crippen molar-refractivity contribution in [3.8, 4) is 6.07 Å². The minimum atomic E-state index is -0.0566. The van der Waals surface area contributed by atoms with Crippen LogP contribution in [0, 0.1) is 17.2 Å². The minimum absolute atomic E-state index is 0.0174. The van der Waals surface area contributed by atoms with Gasteiger partial charge in [0.1, 0.15) is 6.07 Å². The third kappa shape index (κ3) is 4.48. The van der Waals surface area contributed by atoms with E-state index in [-0.39, 0.29) is 23.8 Å². The Bertz CT molecular complexity index is 739. The lowest BCUT2D eigenvalue weighted by Gasteiger charge is -2.36. The van der Waals surface area contributed by atoms with Crippen molar-refractivity contribution in [1.29, 1.82) is 5.26 Å². The molecule has 0 aliphatic carbocycles. The normalized spacial score (nSPS) is 18.6. The summed E-state index contributed by atoms with van der Waals surface area (Å²) in [4.78, 5) is 28.2. The smallest absolute Gasteiger partial charge is 0.245 e. The molecule has 142 valence electrons. The van der Waals surface area contributed by atoms with Gasteiger partial charge in [-0.2, -0.15) is 5.26 Å². The lowest BCUT2D eigenvalue weighted by molar-refractivity contribution is -0.132. The monoisotopic (exact) mass is 366 g/mol. The van der Waals surface area contributed by atoms with Gasteiger partial charge in [0.05, 0.1) is 11.3 Å². The molecule has 6 nitrogen and oxygen atoms in total. The first-order valence-electron chi connectivity index (χ1n) is 9.58. The second-order valence-electron chi connectivity index (χ2n) is 7.20. The summed E-state index contributed by atoms with van der Waals surface area (Å²) < 4.78 is 0. The molecule has 1 aromatic carbocycles. The second kappa shape index (κ2) is 8.72. The van der Waals surface area contributed by atoms with E-state index in [1.165, 1.54) is 6.08 Å². The van der Waals surface area contributed by atoms with E-state index in [0.717, 1.165) is 31.6 Å². The van der Waals surface area contributed by atoms with Crippen LogP contribution in [0.5, 0.6) is 0 Å². The van der Waals surface area contributed by atoms with Crippen LogP contribution in [0.25, 0.3) is 0 Å². The highest BCUT2D eigenvalue weighted by atomic mass is 16.2. The molecule has 0 saturated carbocycles. The van der Waals surface area contributed by atoms with Gasteiger partial charge in [-0.15, -0.1) is 0 Å². The van der Waals surface area contributed by atoms with Gasteiger partial charge in [-0.25, -0.2) is 0 Å². The van der Waals surface area contributed by atoms with Crippen LogP contribution in [0.3, 0.4) is 0 Å². The first-order chi connectivity index (χ1) is 13.1. The fraction of sp³-hybridized carbons (Fsp3) is 0.476. The van der Waals surface area contributed by atoms with Crippen LogP contribution >= 0.6 is 0 Å². The Hall–Kier alpha value is -2.81. The summed E-state index contributed by atoms with van der Waals surface area (Å²) in [6, 6.07) is 10.1. The number of hydrogen-bond acceptors (Lipinski definition) is 4. The summed E-state index contributed by atoms with van der Waals surface area (Å²) in [6.07, 6.45) is 4.50. The number of nitrogens with one attached hydrogen (secondary N) is 1. The van der Waals surface area contributed by atoms with E-state index in [2.05, 4.69) is 22.9 Å². The molecule has 6 heteroatoms. The standard InChI is InChI=1S/C21H26N4O2/c1-2-20(26)25-11-7-16(8-12-25)21(27)23-18-9-13-24(14-10-18)19-6-4-3-5-17(19)15-22/h2-6,16,18H,1,7-14H2,(H,23,27). The molecule has 0 spiro atoms. The quantitative estimate of drug-likeness (QED) is 0.828. The van der Waals surface area contributed by atoms with E-state index < -0.39 is 0 Å². The molecule has 2 aliphatic rings. The molecular formula is C21H26N4O2. The van der Waals surface area contributed by atoms with E-state index in [1.54, 1.807) is 4.90 Å². The topological polar surface area (TPSA) is 76.4 Å². The summed E-state index contributed by atoms with van der Waals surface area (Å²) >= 11 is 0. The van der Waals surface area contributed by atoms with Crippen LogP contribution < -0.4 is 10.2 Å². The SMILES string of the molecule is C=CC(=O)N1CCC(C(=O)NC2CCN(c3ccccc3C#N)CC2)CC1. The number of anilines is 1. The van der Waals surface area contributed by atoms with Crippen molar-refractivity contribution in [3.63, 3.8) is 0 Å². The maximum atomic E-state index is 12.6. The third-order valence-corrected chi connectivity index (χ3v) is 5.56. The van der Waals surface area contributed by atoms with Crippen molar-refractivity contribution in [2.24, 2.45) is 5.92 Å². The van der Waals surface area contributed by atoms with Gasteiger partial charge in [0, 0.05) is 38.1 Å². The number of carbonyl (C=O) groups is 2. The molecule has 2 heterocycles. The Balaban J connectivity index is 1.47. The van der Waals surface area contributed by atoms with Crippen LogP contribution in [0.1, 0.15) is 31.2 Å². The molecule has 2 aliphatic heterocycles. The van der Waals surface area contributed by atoms with Crippen LogP contribution in [-0.4, -0.2) is 48.9 Å². The molecule has 2 amide bonds. The van der Waals surface area contributed by atoms with Gasteiger partial charge < -0.3 is 15.1 Å². The van der Waals surface area contributed by atoms with Gasteiger partial charge in [-0.05, 0) is 43.9 Å². The lowest BCUT2D eigenvalue weighted by atomic mass is 9.94. The van der Waals surface area contributed by atoms with Crippen molar-refractivity contribution in [1.82, 2.24) is 10.2 Å². The number of amides is 2. The number of benzene rings is 1. The summed E-state index contributed by atoms with van der Waals surface area (Å²) in [6.45, 7) is 6.41. The van der Waals surface area contributed by atoms with Gasteiger partial charge in [-0.3, -0.25) is 9.59 Å². The minimum Gasteiger partial charge on any atom is -0.370 e. The van der Waals surface area contributed by atoms with Crippen LogP contribution in [0.15, 0.2) is 36.9 Å². The van der Waals surface area contributed by atoms with Crippen molar-refractivity contribution < 1.29 is 9.59 Å². The molecule has 0 unspecified atom stereocenters. The Kier molecular flexibility index (Phi) is 6.12. The Morgan fingerprint density at radius 3 is 2.41 bits per heavy atom. The van der Waals surface area contributed by atoms with Gasteiger partial charge in [0.15, 0.2) is 0 Å². The molecule has 0 radical (unpaired) electrons. The van der Waals surface area contributed by atoms with Crippen molar-refractivity contribution >= 4 is 17.5 Å². The molecule has 1 N–H and O–H groups in total. The molecule has 0 bridgehead atoms. The van der Waals surface area contributed by atoms with Crippen LogP contribution in [-0.2, 0) is 9.59 Å². The van der Waals surface area contributed by atoms with E-state index in [0.29, 0.717) is 31.5 Å². The number of carbonyl (C=O) groups excluding carboxylic acids is 2. The predicted octanol–water partition coefficient (Wildman–Crippen LogP) is 2.07. The number of para-hydroxylation sites is 1. The van der Waals surface area contributed by atoms with E-state index >= 15 is 0 Å². The van der Waals surface area contributed by atoms with Gasteiger partial charge in [-0.1, -0.05) is 18.7 Å². The number of hydrogen-bond donors (Lipinski definition) is 1. The van der Waals surface area contributed by atoms with Gasteiger partial charge in [0.2, 0.25) is 11.8 Å². The highest BCUT2D eigenvalue weighted by Crippen LogP contribution is 2.24. The van der Waals surface area contributed by atoms with E-state index in [1.807, 2.05) is 24.3 Å². The summed E-state index contributed by atoms with van der Waals surface area (Å²) in [5.74, 6) is 0.0340. The molecule has 0 atom stereocenters. The van der Waals surface area contributed by atoms with E-state index in [9.17, 15) is 14.9 Å². The Morgan fingerprint density at radius 2 is 1.78 bits per heavy atom. The number of likely N-dealkylation sites (tertiary alicyclic amines) is 1. The van der Waals surface area contributed by atoms with Crippen LogP contribution in [0.4, 0.5) is 5.69 Å². The van der Waals surface area contributed by atoms with E-state index in [4.69, 9.17) is 0 Å². The largest absolute Gasteiger partial charge is 0.370 e. The third-order valence-electron chi connectivity index (χ3n) is 5.56. The lowest BCUT2D eigenvalue weighted by Crippen LogP contribution is -2.48. The second-order valence-corrected chi connectivity index (χ2v) is 7.20. The van der Waals surface area contributed by atoms with Crippen molar-refractivity contribution in [3.05, 3.63) is 42.5 Å². The predicted molar refractivity (Wildman–Crippen MR) is 104 cm³/mol. The van der Waals surface area contributed by atoms with Crippen molar-refractivity contribution in [2.75, 3.05) is 31.1 Å². The molecule has 2 fully saturated rings.